The number of halogens is 4. The fraction of sp³-hybridized carbons (Fsp3) is 0.360. The van der Waals surface area contributed by atoms with Crippen LogP contribution in [0.5, 0.6) is 0 Å². The number of alkyl halides is 3. The average Bonchev–Trinajstić information content (AvgIpc) is 2.99. The Balaban J connectivity index is 1.33. The van der Waals surface area contributed by atoms with Crippen LogP contribution in [0.4, 0.5) is 29.2 Å². The molecular formula is C25H23F4N5O2S. The third-order valence-corrected chi connectivity index (χ3v) is 9.09. The summed E-state index contributed by atoms with van der Waals surface area (Å²) in [4.78, 5) is 10.5. The third-order valence-electron chi connectivity index (χ3n) is 7.84. The van der Waals surface area contributed by atoms with Gasteiger partial charge in [0.25, 0.3) is 10.0 Å². The molecule has 37 heavy (non-hydrogen) atoms. The average molecular weight is 534 g/mol. The monoisotopic (exact) mass is 533 g/mol. The highest BCUT2D eigenvalue weighted by atomic mass is 32.2. The Morgan fingerprint density at radius 1 is 1.14 bits per heavy atom. The van der Waals surface area contributed by atoms with Gasteiger partial charge in [-0.1, -0.05) is 12.1 Å². The van der Waals surface area contributed by atoms with Crippen LogP contribution in [0, 0.1) is 18.7 Å². The summed E-state index contributed by atoms with van der Waals surface area (Å²) < 4.78 is 83.7. The summed E-state index contributed by atoms with van der Waals surface area (Å²) in [5, 5.41) is 3.25. The van der Waals surface area contributed by atoms with Crippen LogP contribution >= 0.6 is 0 Å². The van der Waals surface area contributed by atoms with Gasteiger partial charge in [0.05, 0.1) is 16.8 Å². The van der Waals surface area contributed by atoms with Gasteiger partial charge < -0.3 is 10.2 Å². The summed E-state index contributed by atoms with van der Waals surface area (Å²) in [6, 6.07) is 10.1. The minimum atomic E-state index is -4.78. The van der Waals surface area contributed by atoms with Crippen LogP contribution in [0.15, 0.2) is 53.6 Å². The highest BCUT2D eigenvalue weighted by molar-refractivity contribution is 7.92. The lowest BCUT2D eigenvalue weighted by Gasteiger charge is -2.63. The van der Waals surface area contributed by atoms with E-state index in [4.69, 9.17) is 0 Å². The molecule has 0 amide bonds. The van der Waals surface area contributed by atoms with E-state index in [1.54, 1.807) is 12.1 Å². The molecular weight excluding hydrogens is 510 g/mol. The van der Waals surface area contributed by atoms with Gasteiger partial charge in [-0.2, -0.15) is 21.6 Å². The van der Waals surface area contributed by atoms with E-state index in [0.29, 0.717) is 23.3 Å². The summed E-state index contributed by atoms with van der Waals surface area (Å²) in [5.41, 5.74) is -1.41. The minimum Gasteiger partial charge on any atom is -0.347 e. The first-order valence-electron chi connectivity index (χ1n) is 11.8. The molecule has 1 saturated carbocycles. The smallest absolute Gasteiger partial charge is 0.347 e. The number of nitrogens with one attached hydrogen (secondary N) is 2. The van der Waals surface area contributed by atoms with Crippen molar-refractivity contribution in [3.8, 4) is 11.3 Å². The van der Waals surface area contributed by atoms with Crippen molar-refractivity contribution in [2.24, 2.45) is 5.92 Å². The molecule has 2 aromatic heterocycles. The van der Waals surface area contributed by atoms with Crippen molar-refractivity contribution in [2.45, 2.75) is 42.5 Å². The summed E-state index contributed by atoms with van der Waals surface area (Å²) in [6.45, 7) is 3.19. The summed E-state index contributed by atoms with van der Waals surface area (Å²) >= 11 is 0. The van der Waals surface area contributed by atoms with Crippen LogP contribution in [0.25, 0.3) is 11.3 Å². The maximum Gasteiger partial charge on any atom is 0.418 e. The van der Waals surface area contributed by atoms with Gasteiger partial charge in [-0.3, -0.25) is 4.72 Å². The summed E-state index contributed by atoms with van der Waals surface area (Å²) in [7, 11) is -4.28. The first-order chi connectivity index (χ1) is 17.5. The number of sulfonamides is 1. The molecule has 6 rings (SSSR count). The standard InChI is InChI=1S/C25H23F4N5O2S/c1-14-5-6-16(26)11-17(14)23-18(25(27,28)29)7-8-20(31-23)33-37(35,36)22-4-2-3-21(32-22)34-13-19-24(34)10-9-15(24)12-30-19/h2-8,11,15,19,30H,9-10,12-13H2,1H3,(H,31,33)/t15-,19+,24-/m0/s1. The van der Waals surface area contributed by atoms with Crippen LogP contribution in [0.1, 0.15) is 24.0 Å². The van der Waals surface area contributed by atoms with Crippen molar-refractivity contribution in [3.63, 3.8) is 0 Å². The Bertz CT molecular complexity index is 1510. The van der Waals surface area contributed by atoms with Crippen molar-refractivity contribution in [1.82, 2.24) is 15.3 Å². The van der Waals surface area contributed by atoms with Crippen LogP contribution in [0.3, 0.4) is 0 Å². The lowest BCUT2D eigenvalue weighted by atomic mass is 9.60. The Morgan fingerprint density at radius 3 is 2.65 bits per heavy atom. The van der Waals surface area contributed by atoms with Gasteiger partial charge in [0.15, 0.2) is 5.03 Å². The van der Waals surface area contributed by atoms with Crippen LogP contribution in [-0.2, 0) is 16.2 Å². The van der Waals surface area contributed by atoms with Gasteiger partial charge in [-0.25, -0.2) is 14.4 Å². The summed E-state index contributed by atoms with van der Waals surface area (Å²) in [6.07, 6.45) is -2.65. The molecule has 12 heteroatoms. The molecule has 7 nitrogen and oxygen atoms in total. The predicted molar refractivity (Wildman–Crippen MR) is 129 cm³/mol. The van der Waals surface area contributed by atoms with Crippen LogP contribution in [-0.4, -0.2) is 43.1 Å². The molecule has 2 N–H and O–H groups in total. The molecule has 1 spiro atoms. The lowest BCUT2D eigenvalue weighted by molar-refractivity contribution is -0.137. The molecule has 194 valence electrons. The molecule has 2 saturated heterocycles. The zero-order chi connectivity index (χ0) is 26.2. The van der Waals surface area contributed by atoms with Crippen molar-refractivity contribution in [2.75, 3.05) is 22.7 Å². The van der Waals surface area contributed by atoms with E-state index >= 15 is 0 Å². The number of aryl methyl sites for hydroxylation is 1. The highest BCUT2D eigenvalue weighted by Gasteiger charge is 2.66. The van der Waals surface area contributed by atoms with E-state index in [9.17, 15) is 26.0 Å². The van der Waals surface area contributed by atoms with E-state index in [2.05, 4.69) is 24.9 Å². The number of hydrogen-bond donors (Lipinski definition) is 2. The second kappa shape index (κ2) is 8.12. The molecule has 3 aliphatic rings. The number of pyridine rings is 2. The zero-order valence-corrected chi connectivity index (χ0v) is 20.5. The fourth-order valence-corrected chi connectivity index (χ4v) is 6.81. The third kappa shape index (κ3) is 3.76. The first kappa shape index (κ1) is 24.1. The number of benzene rings is 1. The van der Waals surface area contributed by atoms with Crippen LogP contribution < -0.4 is 14.9 Å². The van der Waals surface area contributed by atoms with E-state index < -0.39 is 33.3 Å². The van der Waals surface area contributed by atoms with Gasteiger partial charge in [-0.15, -0.1) is 0 Å². The van der Waals surface area contributed by atoms with Crippen molar-refractivity contribution < 1.29 is 26.0 Å². The fourth-order valence-electron chi connectivity index (χ4n) is 5.85. The Labute approximate surface area is 211 Å². The molecule has 3 atom stereocenters. The molecule has 3 aromatic rings. The summed E-state index contributed by atoms with van der Waals surface area (Å²) in [5.74, 6) is -0.0154. The van der Waals surface area contributed by atoms with Crippen LogP contribution in [0.2, 0.25) is 0 Å². The van der Waals surface area contributed by atoms with E-state index in [0.717, 1.165) is 50.2 Å². The Hall–Kier alpha value is -3.25. The topological polar surface area (TPSA) is 87.2 Å². The van der Waals surface area contributed by atoms with Crippen molar-refractivity contribution in [1.29, 1.82) is 0 Å². The van der Waals surface area contributed by atoms with Gasteiger partial charge in [-0.05, 0) is 67.6 Å². The van der Waals surface area contributed by atoms with Gasteiger partial charge in [0.2, 0.25) is 0 Å². The normalized spacial score (nSPS) is 24.6. The Kier molecular flexibility index (Phi) is 5.29. The molecule has 4 heterocycles. The largest absolute Gasteiger partial charge is 0.418 e. The highest BCUT2D eigenvalue weighted by Crippen LogP contribution is 2.55. The van der Waals surface area contributed by atoms with Gasteiger partial charge >= 0.3 is 6.18 Å². The Morgan fingerprint density at radius 2 is 1.95 bits per heavy atom. The number of rotatable bonds is 5. The maximum atomic E-state index is 13.9. The second-order valence-corrected chi connectivity index (χ2v) is 11.4. The molecule has 2 aliphatic heterocycles. The number of hydrogen-bond acceptors (Lipinski definition) is 6. The molecule has 0 radical (unpaired) electrons. The molecule has 0 bridgehead atoms. The molecule has 1 aliphatic carbocycles. The van der Waals surface area contributed by atoms with Crippen molar-refractivity contribution >= 4 is 21.7 Å². The number of aromatic nitrogens is 2. The minimum absolute atomic E-state index is 0.0183. The number of nitrogens with zero attached hydrogens (tertiary/aromatic N) is 3. The quantitative estimate of drug-likeness (QED) is 0.475. The van der Waals surface area contributed by atoms with E-state index in [1.807, 2.05) is 0 Å². The predicted octanol–water partition coefficient (Wildman–Crippen LogP) is 4.35. The molecule has 1 aromatic carbocycles. The van der Waals surface area contributed by atoms with Crippen molar-refractivity contribution in [3.05, 3.63) is 65.5 Å². The molecule has 0 unspecified atom stereocenters. The van der Waals surface area contributed by atoms with E-state index in [-0.39, 0.29) is 21.9 Å². The SMILES string of the molecule is Cc1ccc(F)cc1-c1nc(NS(=O)(=O)c2cccc(N3C[C@H]4NC[C@@H]5CC[C@]543)n2)ccc1C(F)(F)F. The maximum absolute atomic E-state index is 13.9. The molecule has 3 fully saturated rings. The lowest BCUT2D eigenvalue weighted by Crippen LogP contribution is -2.77. The van der Waals surface area contributed by atoms with E-state index in [1.165, 1.54) is 19.1 Å². The van der Waals surface area contributed by atoms with Gasteiger partial charge in [0, 0.05) is 24.7 Å². The van der Waals surface area contributed by atoms with Gasteiger partial charge in [0.1, 0.15) is 17.5 Å². The first-order valence-corrected chi connectivity index (χ1v) is 13.3. The number of anilines is 2. The second-order valence-electron chi connectivity index (χ2n) is 9.79. The zero-order valence-electron chi connectivity index (χ0n) is 19.7.